The van der Waals surface area contributed by atoms with Crippen LogP contribution in [0.5, 0.6) is 0 Å². The van der Waals surface area contributed by atoms with E-state index < -0.39 is 17.2 Å². The van der Waals surface area contributed by atoms with E-state index in [1.54, 1.807) is 13.8 Å². The van der Waals surface area contributed by atoms with Gasteiger partial charge in [0.2, 0.25) is 5.25 Å². The molecule has 0 aliphatic carbocycles. The summed E-state index contributed by atoms with van der Waals surface area (Å²) in [6, 6.07) is 0. The summed E-state index contributed by atoms with van der Waals surface area (Å²) in [4.78, 5) is 30.8. The van der Waals surface area contributed by atoms with E-state index in [1.165, 1.54) is 0 Å². The van der Waals surface area contributed by atoms with Gasteiger partial charge in [-0.15, -0.1) is 0 Å². The fraction of sp³-hybridized carbons (Fsp3) is 0.583. The van der Waals surface area contributed by atoms with Gasteiger partial charge in [0.05, 0.1) is 18.9 Å². The molecule has 19 heavy (non-hydrogen) atoms. The quantitative estimate of drug-likeness (QED) is 0.486. The minimum Gasteiger partial charge on any atom is -0.465 e. The van der Waals surface area contributed by atoms with Crippen molar-refractivity contribution in [2.24, 2.45) is 0 Å². The molecule has 0 radical (unpaired) electrons. The molecule has 0 saturated heterocycles. The van der Waals surface area contributed by atoms with Crippen LogP contribution in [0.1, 0.15) is 25.2 Å². The van der Waals surface area contributed by atoms with Gasteiger partial charge in [-0.1, -0.05) is 11.8 Å². The second-order valence-corrected chi connectivity index (χ2v) is 4.85. The van der Waals surface area contributed by atoms with Crippen LogP contribution in [-0.2, 0) is 19.1 Å². The van der Waals surface area contributed by atoms with E-state index >= 15 is 0 Å². The molecule has 7 heteroatoms. The second kappa shape index (κ2) is 7.18. The average molecular weight is 286 g/mol. The number of carbonyl (C=O) groups is 2. The van der Waals surface area contributed by atoms with Crippen LogP contribution in [0.25, 0.3) is 0 Å². The standard InChI is InChI=1S/C12H18N2O4S/c1-5-17-10(15)9(11(16)18-6-2)19-12-13-7(3)8(4)14-12/h9H,5-6H2,1-4H3,(H,13,14). The Labute approximate surface area is 116 Å². The lowest BCUT2D eigenvalue weighted by Gasteiger charge is -2.12. The topological polar surface area (TPSA) is 81.3 Å². The number of aryl methyl sites for hydroxylation is 2. The molecule has 0 bridgehead atoms. The third-order valence-corrected chi connectivity index (χ3v) is 3.37. The van der Waals surface area contributed by atoms with Crippen LogP contribution in [0.15, 0.2) is 5.16 Å². The minimum absolute atomic E-state index is 0.214. The summed E-state index contributed by atoms with van der Waals surface area (Å²) in [5, 5.41) is -0.550. The molecule has 1 heterocycles. The van der Waals surface area contributed by atoms with Crippen LogP contribution in [-0.4, -0.2) is 40.4 Å². The zero-order valence-corrected chi connectivity index (χ0v) is 12.3. The first-order valence-corrected chi connectivity index (χ1v) is 6.90. The summed E-state index contributed by atoms with van der Waals surface area (Å²) in [5.74, 6) is -1.23. The molecule has 1 N–H and O–H groups in total. The lowest BCUT2D eigenvalue weighted by molar-refractivity contribution is -0.152. The van der Waals surface area contributed by atoms with Crippen LogP contribution in [0, 0.1) is 13.8 Å². The number of rotatable bonds is 6. The van der Waals surface area contributed by atoms with Gasteiger partial charge in [-0.05, 0) is 27.7 Å². The number of nitrogens with one attached hydrogen (secondary N) is 1. The number of ether oxygens (including phenoxy) is 2. The van der Waals surface area contributed by atoms with Crippen molar-refractivity contribution in [3.63, 3.8) is 0 Å². The second-order valence-electron chi connectivity index (χ2n) is 3.75. The largest absolute Gasteiger partial charge is 0.465 e. The number of hydrogen-bond acceptors (Lipinski definition) is 6. The SMILES string of the molecule is CCOC(=O)C(Sc1nc(C)c(C)[nH]1)C(=O)OCC. The number of H-pyrrole nitrogens is 1. The first-order valence-electron chi connectivity index (χ1n) is 6.02. The summed E-state index contributed by atoms with van der Waals surface area (Å²) in [6.07, 6.45) is 0. The molecule has 1 rings (SSSR count). The minimum atomic E-state index is -1.05. The number of esters is 2. The van der Waals surface area contributed by atoms with Crippen LogP contribution in [0.3, 0.4) is 0 Å². The first kappa shape index (κ1) is 15.6. The number of thioether (sulfide) groups is 1. The highest BCUT2D eigenvalue weighted by atomic mass is 32.2. The van der Waals surface area contributed by atoms with Crippen LogP contribution < -0.4 is 0 Å². The maximum absolute atomic E-state index is 11.8. The summed E-state index contributed by atoms with van der Waals surface area (Å²) >= 11 is 1.00. The molecular formula is C12H18N2O4S. The fourth-order valence-corrected chi connectivity index (χ4v) is 2.26. The smallest absolute Gasteiger partial charge is 0.331 e. The monoisotopic (exact) mass is 286 g/mol. The van der Waals surface area contributed by atoms with Gasteiger partial charge in [-0.3, -0.25) is 9.59 Å². The van der Waals surface area contributed by atoms with Gasteiger partial charge in [-0.2, -0.15) is 0 Å². The molecule has 0 aromatic carbocycles. The van der Waals surface area contributed by atoms with E-state index in [4.69, 9.17) is 9.47 Å². The normalized spacial score (nSPS) is 10.6. The van der Waals surface area contributed by atoms with Gasteiger partial charge in [0.25, 0.3) is 0 Å². The van der Waals surface area contributed by atoms with Crippen molar-refractivity contribution in [2.45, 2.75) is 38.1 Å². The lowest BCUT2D eigenvalue weighted by Crippen LogP contribution is -2.31. The van der Waals surface area contributed by atoms with Crippen molar-refractivity contribution in [2.75, 3.05) is 13.2 Å². The molecule has 1 aromatic heterocycles. The number of aromatic amines is 1. The van der Waals surface area contributed by atoms with Crippen molar-refractivity contribution >= 4 is 23.7 Å². The van der Waals surface area contributed by atoms with Gasteiger partial charge in [0, 0.05) is 5.69 Å². The number of hydrogen-bond donors (Lipinski definition) is 1. The Morgan fingerprint density at radius 1 is 1.21 bits per heavy atom. The van der Waals surface area contributed by atoms with Gasteiger partial charge < -0.3 is 14.5 Å². The number of imidazole rings is 1. The summed E-state index contributed by atoms with van der Waals surface area (Å²) in [7, 11) is 0. The Morgan fingerprint density at radius 2 is 1.74 bits per heavy atom. The molecule has 0 aliphatic heterocycles. The molecule has 6 nitrogen and oxygen atoms in total. The molecule has 0 atom stereocenters. The highest BCUT2D eigenvalue weighted by Crippen LogP contribution is 2.23. The van der Waals surface area contributed by atoms with Crippen molar-refractivity contribution in [1.82, 2.24) is 9.97 Å². The molecule has 0 saturated carbocycles. The average Bonchev–Trinajstić information content (AvgIpc) is 2.66. The number of carbonyl (C=O) groups excluding carboxylic acids is 2. The van der Waals surface area contributed by atoms with Crippen molar-refractivity contribution in [1.29, 1.82) is 0 Å². The van der Waals surface area contributed by atoms with Gasteiger partial charge >= 0.3 is 11.9 Å². The van der Waals surface area contributed by atoms with Gasteiger partial charge in [-0.25, -0.2) is 4.98 Å². The van der Waals surface area contributed by atoms with Crippen molar-refractivity contribution in [3.05, 3.63) is 11.4 Å². The molecule has 0 unspecified atom stereocenters. The van der Waals surface area contributed by atoms with Crippen LogP contribution in [0.4, 0.5) is 0 Å². The first-order chi connectivity index (χ1) is 8.99. The molecule has 106 valence electrons. The third kappa shape index (κ3) is 4.27. The molecular weight excluding hydrogens is 268 g/mol. The fourth-order valence-electron chi connectivity index (χ4n) is 1.31. The van der Waals surface area contributed by atoms with E-state index in [0.29, 0.717) is 5.16 Å². The Hall–Kier alpha value is -1.50. The zero-order valence-electron chi connectivity index (χ0n) is 11.5. The molecule has 1 aromatic rings. The van der Waals surface area contributed by atoms with E-state index in [1.807, 2.05) is 13.8 Å². The zero-order chi connectivity index (χ0) is 14.4. The summed E-state index contributed by atoms with van der Waals surface area (Å²) in [6.45, 7) is 7.52. The summed E-state index contributed by atoms with van der Waals surface area (Å²) in [5.41, 5.74) is 1.72. The Morgan fingerprint density at radius 3 is 2.11 bits per heavy atom. The van der Waals surface area contributed by atoms with Crippen molar-refractivity contribution < 1.29 is 19.1 Å². The molecule has 0 aliphatic rings. The Balaban J connectivity index is 2.84. The van der Waals surface area contributed by atoms with E-state index in [2.05, 4.69) is 9.97 Å². The number of aromatic nitrogens is 2. The van der Waals surface area contributed by atoms with Crippen molar-refractivity contribution in [3.8, 4) is 0 Å². The maximum Gasteiger partial charge on any atom is 0.331 e. The molecule has 0 fully saturated rings. The van der Waals surface area contributed by atoms with E-state index in [-0.39, 0.29) is 13.2 Å². The summed E-state index contributed by atoms with van der Waals surface area (Å²) < 4.78 is 9.76. The predicted molar refractivity (Wildman–Crippen MR) is 71.0 cm³/mol. The van der Waals surface area contributed by atoms with Crippen LogP contribution >= 0.6 is 11.8 Å². The highest BCUT2D eigenvalue weighted by Gasteiger charge is 2.32. The molecule has 0 amide bonds. The Bertz CT molecular complexity index is 421. The van der Waals surface area contributed by atoms with E-state index in [9.17, 15) is 9.59 Å². The highest BCUT2D eigenvalue weighted by molar-refractivity contribution is 8.01. The maximum atomic E-state index is 11.8. The number of nitrogens with zero attached hydrogens (tertiary/aromatic N) is 1. The van der Waals surface area contributed by atoms with E-state index in [0.717, 1.165) is 23.1 Å². The van der Waals surface area contributed by atoms with Gasteiger partial charge in [0.1, 0.15) is 0 Å². The van der Waals surface area contributed by atoms with Gasteiger partial charge in [0.15, 0.2) is 5.16 Å². The Kier molecular flexibility index (Phi) is 5.88. The molecule has 0 spiro atoms. The predicted octanol–water partition coefficient (Wildman–Crippen LogP) is 1.61. The van der Waals surface area contributed by atoms with Crippen LogP contribution in [0.2, 0.25) is 0 Å². The third-order valence-electron chi connectivity index (χ3n) is 2.34. The lowest BCUT2D eigenvalue weighted by atomic mass is 10.4.